The number of aliphatic imine (C=N–C) groups is 1. The van der Waals surface area contributed by atoms with E-state index in [2.05, 4.69) is 4.99 Å². The summed E-state index contributed by atoms with van der Waals surface area (Å²) < 4.78 is 12.9. The standard InChI is InChI=1S/C11H13FN2/c1-3-11(14-4-2)8-5-6-9(12)10(13)7-8/h3-7H,13H2,1-2H3/b11-3-,14-4-. The first-order chi connectivity index (χ1) is 6.69. The van der Waals surface area contributed by atoms with Crippen molar-refractivity contribution in [3.05, 3.63) is 35.7 Å². The molecule has 2 N–H and O–H groups in total. The summed E-state index contributed by atoms with van der Waals surface area (Å²) >= 11 is 0. The minimum Gasteiger partial charge on any atom is -0.396 e. The summed E-state index contributed by atoms with van der Waals surface area (Å²) in [6.07, 6.45) is 3.54. The zero-order valence-electron chi connectivity index (χ0n) is 8.29. The molecule has 0 spiro atoms. The summed E-state index contributed by atoms with van der Waals surface area (Å²) in [7, 11) is 0. The van der Waals surface area contributed by atoms with E-state index in [0.717, 1.165) is 11.3 Å². The lowest BCUT2D eigenvalue weighted by atomic mass is 10.1. The molecule has 0 saturated heterocycles. The molecule has 0 saturated carbocycles. The van der Waals surface area contributed by atoms with Crippen LogP contribution in [0.3, 0.4) is 0 Å². The summed E-state index contributed by atoms with van der Waals surface area (Å²) in [6.45, 7) is 3.71. The topological polar surface area (TPSA) is 38.4 Å². The van der Waals surface area contributed by atoms with Crippen molar-refractivity contribution < 1.29 is 4.39 Å². The number of hydrogen-bond donors (Lipinski definition) is 1. The Labute approximate surface area is 83.0 Å². The molecule has 0 amide bonds. The third-order valence-corrected chi connectivity index (χ3v) is 1.83. The third-order valence-electron chi connectivity index (χ3n) is 1.83. The number of allylic oxidation sites excluding steroid dienone is 1. The first-order valence-corrected chi connectivity index (χ1v) is 4.39. The summed E-state index contributed by atoms with van der Waals surface area (Å²) in [4.78, 5) is 4.14. The van der Waals surface area contributed by atoms with Crippen LogP contribution >= 0.6 is 0 Å². The largest absolute Gasteiger partial charge is 0.396 e. The third kappa shape index (κ3) is 2.19. The van der Waals surface area contributed by atoms with Gasteiger partial charge >= 0.3 is 0 Å². The minimum absolute atomic E-state index is 0.146. The molecule has 0 bridgehead atoms. The molecule has 0 aromatic heterocycles. The van der Waals surface area contributed by atoms with Gasteiger partial charge in [-0.25, -0.2) is 4.39 Å². The fourth-order valence-electron chi connectivity index (χ4n) is 1.16. The smallest absolute Gasteiger partial charge is 0.146 e. The molecule has 2 nitrogen and oxygen atoms in total. The monoisotopic (exact) mass is 192 g/mol. The van der Waals surface area contributed by atoms with E-state index in [9.17, 15) is 4.39 Å². The quantitative estimate of drug-likeness (QED) is 0.568. The molecular weight excluding hydrogens is 179 g/mol. The van der Waals surface area contributed by atoms with Crippen molar-refractivity contribution in [2.75, 3.05) is 5.73 Å². The average Bonchev–Trinajstić information content (AvgIpc) is 2.19. The lowest BCUT2D eigenvalue weighted by Gasteiger charge is -2.03. The van der Waals surface area contributed by atoms with Gasteiger partial charge in [-0.1, -0.05) is 6.08 Å². The first kappa shape index (κ1) is 10.4. The van der Waals surface area contributed by atoms with Crippen molar-refractivity contribution in [1.82, 2.24) is 0 Å². The van der Waals surface area contributed by atoms with Gasteiger partial charge in [0.2, 0.25) is 0 Å². The Morgan fingerprint density at radius 3 is 2.64 bits per heavy atom. The maximum atomic E-state index is 12.9. The molecule has 1 aromatic carbocycles. The maximum absolute atomic E-state index is 12.9. The predicted molar refractivity (Wildman–Crippen MR) is 58.6 cm³/mol. The highest BCUT2D eigenvalue weighted by Crippen LogP contribution is 2.20. The van der Waals surface area contributed by atoms with E-state index in [1.165, 1.54) is 6.07 Å². The second kappa shape index (κ2) is 4.56. The summed E-state index contributed by atoms with van der Waals surface area (Å²) in [5.41, 5.74) is 7.22. The van der Waals surface area contributed by atoms with Crippen LogP contribution in [0.1, 0.15) is 19.4 Å². The molecule has 0 radical (unpaired) electrons. The van der Waals surface area contributed by atoms with Crippen LogP contribution in [-0.4, -0.2) is 6.21 Å². The van der Waals surface area contributed by atoms with Crippen molar-refractivity contribution in [2.45, 2.75) is 13.8 Å². The molecule has 0 atom stereocenters. The van der Waals surface area contributed by atoms with Crippen LogP contribution in [0, 0.1) is 5.82 Å². The number of hydrogen-bond acceptors (Lipinski definition) is 2. The number of nitrogen functional groups attached to an aromatic ring is 1. The lowest BCUT2D eigenvalue weighted by Crippen LogP contribution is -1.92. The molecular formula is C11H13FN2. The van der Waals surface area contributed by atoms with Crippen LogP contribution in [-0.2, 0) is 0 Å². The summed E-state index contributed by atoms with van der Waals surface area (Å²) in [6, 6.07) is 4.59. The number of halogens is 1. The zero-order chi connectivity index (χ0) is 10.6. The summed E-state index contributed by atoms with van der Waals surface area (Å²) in [5, 5.41) is 0. The van der Waals surface area contributed by atoms with E-state index in [-0.39, 0.29) is 5.69 Å². The van der Waals surface area contributed by atoms with Gasteiger partial charge in [-0.2, -0.15) is 0 Å². The first-order valence-electron chi connectivity index (χ1n) is 4.39. The van der Waals surface area contributed by atoms with Crippen LogP contribution in [0.4, 0.5) is 10.1 Å². The van der Waals surface area contributed by atoms with Gasteiger partial charge in [0, 0.05) is 11.8 Å². The molecule has 1 aromatic rings. The lowest BCUT2D eigenvalue weighted by molar-refractivity contribution is 0.632. The van der Waals surface area contributed by atoms with Gasteiger partial charge in [0.15, 0.2) is 0 Å². The molecule has 0 aliphatic carbocycles. The van der Waals surface area contributed by atoms with Gasteiger partial charge in [0.05, 0.1) is 11.4 Å². The van der Waals surface area contributed by atoms with Crippen molar-refractivity contribution in [1.29, 1.82) is 0 Å². The van der Waals surface area contributed by atoms with E-state index in [0.29, 0.717) is 0 Å². The van der Waals surface area contributed by atoms with Crippen molar-refractivity contribution in [3.63, 3.8) is 0 Å². The Hall–Kier alpha value is -1.64. The second-order valence-electron chi connectivity index (χ2n) is 2.80. The number of benzene rings is 1. The van der Waals surface area contributed by atoms with E-state index >= 15 is 0 Å². The van der Waals surface area contributed by atoms with E-state index < -0.39 is 5.82 Å². The normalized spacial score (nSPS) is 12.4. The van der Waals surface area contributed by atoms with Gasteiger partial charge in [0.25, 0.3) is 0 Å². The Morgan fingerprint density at radius 1 is 1.43 bits per heavy atom. The van der Waals surface area contributed by atoms with Crippen LogP contribution < -0.4 is 5.73 Å². The fourth-order valence-corrected chi connectivity index (χ4v) is 1.16. The molecule has 0 aliphatic rings. The highest BCUT2D eigenvalue weighted by Gasteiger charge is 2.02. The van der Waals surface area contributed by atoms with Gasteiger partial charge in [0.1, 0.15) is 5.82 Å². The van der Waals surface area contributed by atoms with Gasteiger partial charge < -0.3 is 5.73 Å². The van der Waals surface area contributed by atoms with Gasteiger partial charge in [-0.3, -0.25) is 4.99 Å². The Bertz CT molecular complexity index is 381. The van der Waals surface area contributed by atoms with E-state index in [4.69, 9.17) is 5.73 Å². The Morgan fingerprint density at radius 2 is 2.14 bits per heavy atom. The number of anilines is 1. The molecule has 3 heteroatoms. The highest BCUT2D eigenvalue weighted by molar-refractivity contribution is 5.74. The SMILES string of the molecule is C/C=N\C(=C/C)c1ccc(F)c(N)c1. The number of nitrogens with two attached hydrogens (primary N) is 1. The minimum atomic E-state index is -0.398. The number of rotatable bonds is 2. The van der Waals surface area contributed by atoms with Crippen LogP contribution in [0.2, 0.25) is 0 Å². The van der Waals surface area contributed by atoms with Crippen LogP contribution in [0.15, 0.2) is 29.3 Å². The predicted octanol–water partition coefficient (Wildman–Crippen LogP) is 2.86. The second-order valence-corrected chi connectivity index (χ2v) is 2.80. The zero-order valence-corrected chi connectivity index (χ0v) is 8.29. The van der Waals surface area contributed by atoms with Gasteiger partial charge in [-0.05, 0) is 32.0 Å². The van der Waals surface area contributed by atoms with Gasteiger partial charge in [-0.15, -0.1) is 0 Å². The molecule has 0 unspecified atom stereocenters. The molecule has 1 rings (SSSR count). The fraction of sp³-hybridized carbons (Fsp3) is 0.182. The van der Waals surface area contributed by atoms with Crippen LogP contribution in [0.5, 0.6) is 0 Å². The average molecular weight is 192 g/mol. The van der Waals surface area contributed by atoms with Crippen molar-refractivity contribution >= 4 is 17.6 Å². The highest BCUT2D eigenvalue weighted by atomic mass is 19.1. The maximum Gasteiger partial charge on any atom is 0.146 e. The summed E-state index contributed by atoms with van der Waals surface area (Å²) in [5.74, 6) is -0.398. The molecule has 0 aliphatic heterocycles. The Kier molecular flexibility index (Phi) is 3.40. The molecule has 74 valence electrons. The molecule has 0 fully saturated rings. The van der Waals surface area contributed by atoms with Crippen molar-refractivity contribution in [2.24, 2.45) is 4.99 Å². The van der Waals surface area contributed by atoms with E-state index in [1.54, 1.807) is 18.3 Å². The molecule has 0 heterocycles. The van der Waals surface area contributed by atoms with Crippen LogP contribution in [0.25, 0.3) is 5.70 Å². The Balaban J connectivity index is 3.13. The molecule has 14 heavy (non-hydrogen) atoms. The van der Waals surface area contributed by atoms with E-state index in [1.807, 2.05) is 19.9 Å². The van der Waals surface area contributed by atoms with Crippen molar-refractivity contribution in [3.8, 4) is 0 Å². The number of nitrogens with zero attached hydrogens (tertiary/aromatic N) is 1.